The standard InChI is InChI=1S/C30H36F3NO4S/c1-28-17-15-26-24(12-6-20-18-21(35)14-16-29(20,26)2)25(28)13-7-19(28)4-3-5-27(36)34-39(37)23-10-8-22(9-11-23)38-30(31,32)33/h3,5,8-11,18-19,24-26H,4,6-7,12-17H2,1-2H3,(H,34,36)/b5-3+. The molecule has 39 heavy (non-hydrogen) atoms. The number of benzene rings is 1. The maximum Gasteiger partial charge on any atom is 0.573 e. The van der Waals surface area contributed by atoms with Crippen molar-refractivity contribution in [3.05, 3.63) is 48.1 Å². The molecule has 1 amide bonds. The van der Waals surface area contributed by atoms with Crippen LogP contribution in [-0.2, 0) is 21.0 Å². The molecule has 1 aromatic rings. The van der Waals surface area contributed by atoms with E-state index in [0.29, 0.717) is 30.1 Å². The molecule has 0 bridgehead atoms. The van der Waals surface area contributed by atoms with Gasteiger partial charge in [0.2, 0.25) is 0 Å². The summed E-state index contributed by atoms with van der Waals surface area (Å²) in [4.78, 5) is 24.6. The summed E-state index contributed by atoms with van der Waals surface area (Å²) in [5.41, 5.74) is 1.78. The Hall–Kier alpha value is -2.26. The highest BCUT2D eigenvalue weighted by molar-refractivity contribution is 7.90. The number of allylic oxidation sites excluding steroid dienone is 2. The molecule has 9 heteroatoms. The van der Waals surface area contributed by atoms with Crippen LogP contribution in [0.3, 0.4) is 0 Å². The Kier molecular flexibility index (Phi) is 7.70. The van der Waals surface area contributed by atoms with E-state index in [0.717, 1.165) is 37.8 Å². The molecule has 5 nitrogen and oxygen atoms in total. The highest BCUT2D eigenvalue weighted by Crippen LogP contribution is 2.67. The van der Waals surface area contributed by atoms with Gasteiger partial charge in [-0.15, -0.1) is 13.2 Å². The van der Waals surface area contributed by atoms with Gasteiger partial charge in [-0.1, -0.05) is 25.5 Å². The maximum atomic E-state index is 12.4. The second-order valence-electron chi connectivity index (χ2n) is 12.2. The van der Waals surface area contributed by atoms with Crippen LogP contribution >= 0.6 is 0 Å². The molecule has 212 valence electrons. The molecule has 0 heterocycles. The van der Waals surface area contributed by atoms with E-state index in [1.54, 1.807) is 0 Å². The van der Waals surface area contributed by atoms with E-state index >= 15 is 0 Å². The van der Waals surface area contributed by atoms with Crippen molar-refractivity contribution in [2.24, 2.45) is 34.5 Å². The van der Waals surface area contributed by atoms with E-state index in [1.165, 1.54) is 49.5 Å². The number of amides is 1. The molecule has 0 spiro atoms. The van der Waals surface area contributed by atoms with Gasteiger partial charge in [-0.3, -0.25) is 9.59 Å². The fraction of sp³-hybridized carbons (Fsp3) is 0.600. The van der Waals surface area contributed by atoms with Gasteiger partial charge in [0.25, 0.3) is 5.91 Å². The van der Waals surface area contributed by atoms with Crippen LogP contribution in [0, 0.1) is 34.5 Å². The summed E-state index contributed by atoms with van der Waals surface area (Å²) in [6, 6.07) is 4.58. The van der Waals surface area contributed by atoms with Crippen LogP contribution in [0.1, 0.15) is 71.6 Å². The van der Waals surface area contributed by atoms with Crippen LogP contribution in [0.15, 0.2) is 53.0 Å². The molecule has 0 saturated heterocycles. The first-order chi connectivity index (χ1) is 18.4. The number of ether oxygens (including phenoxy) is 1. The van der Waals surface area contributed by atoms with Crippen molar-refractivity contribution < 1.29 is 32.0 Å². The molecule has 3 saturated carbocycles. The van der Waals surface area contributed by atoms with E-state index in [2.05, 4.69) is 23.3 Å². The van der Waals surface area contributed by atoms with Gasteiger partial charge >= 0.3 is 6.36 Å². The second kappa shape index (κ2) is 10.6. The number of carbonyl (C=O) groups excluding carboxylic acids is 2. The van der Waals surface area contributed by atoms with Crippen molar-refractivity contribution in [1.82, 2.24) is 4.72 Å². The van der Waals surface area contributed by atoms with Gasteiger partial charge in [-0.25, -0.2) is 0 Å². The molecule has 3 fully saturated rings. The van der Waals surface area contributed by atoms with E-state index in [1.807, 2.05) is 12.2 Å². The first kappa shape index (κ1) is 28.3. The monoisotopic (exact) mass is 563 g/mol. The third kappa shape index (κ3) is 5.67. The quantitative estimate of drug-likeness (QED) is 0.304. The highest BCUT2D eigenvalue weighted by atomic mass is 32.2. The highest BCUT2D eigenvalue weighted by Gasteiger charge is 2.58. The number of hydrogen-bond donors (Lipinski definition) is 1. The summed E-state index contributed by atoms with van der Waals surface area (Å²) in [6.07, 6.45) is 9.75. The number of carbonyl (C=O) groups is 2. The number of alkyl halides is 3. The van der Waals surface area contributed by atoms with Crippen molar-refractivity contribution in [3.8, 4) is 5.75 Å². The molecule has 0 aromatic heterocycles. The van der Waals surface area contributed by atoms with Crippen LogP contribution in [-0.4, -0.2) is 22.6 Å². The number of rotatable bonds is 6. The average molecular weight is 564 g/mol. The summed E-state index contributed by atoms with van der Waals surface area (Å²) in [5, 5.41) is 0. The van der Waals surface area contributed by atoms with Crippen molar-refractivity contribution >= 4 is 23.1 Å². The average Bonchev–Trinajstić information content (AvgIpc) is 3.20. The van der Waals surface area contributed by atoms with Crippen molar-refractivity contribution in [2.75, 3.05) is 0 Å². The fourth-order valence-electron chi connectivity index (χ4n) is 8.34. The van der Waals surface area contributed by atoms with Gasteiger partial charge in [0.05, 0.1) is 0 Å². The molecular weight excluding hydrogens is 527 g/mol. The number of ketones is 1. The lowest BCUT2D eigenvalue weighted by atomic mass is 9.47. The molecule has 0 radical (unpaired) electrons. The summed E-state index contributed by atoms with van der Waals surface area (Å²) in [5.74, 6) is 1.85. The maximum absolute atomic E-state index is 12.4. The lowest BCUT2D eigenvalue weighted by Gasteiger charge is -2.58. The topological polar surface area (TPSA) is 78.5 Å². The molecule has 5 rings (SSSR count). The van der Waals surface area contributed by atoms with Gasteiger partial charge in [0, 0.05) is 12.5 Å². The third-order valence-corrected chi connectivity index (χ3v) is 11.4. The van der Waals surface area contributed by atoms with E-state index in [-0.39, 0.29) is 21.5 Å². The molecular formula is C30H36F3NO4S. The van der Waals surface area contributed by atoms with Crippen molar-refractivity contribution in [1.29, 1.82) is 0 Å². The van der Waals surface area contributed by atoms with Gasteiger partial charge in [0.1, 0.15) is 17.1 Å². The smallest absolute Gasteiger partial charge is 0.573 e. The molecule has 1 aromatic carbocycles. The molecule has 4 aliphatic carbocycles. The van der Waals surface area contributed by atoms with Crippen LogP contribution in [0.4, 0.5) is 13.2 Å². The normalized spacial score (nSPS) is 35.0. The van der Waals surface area contributed by atoms with Crippen molar-refractivity contribution in [2.45, 2.75) is 82.9 Å². The van der Waals surface area contributed by atoms with Crippen LogP contribution in [0.25, 0.3) is 0 Å². The Labute approximate surface area is 231 Å². The lowest BCUT2D eigenvalue weighted by Crippen LogP contribution is -2.50. The van der Waals surface area contributed by atoms with Crippen LogP contribution in [0.5, 0.6) is 5.75 Å². The van der Waals surface area contributed by atoms with E-state index in [4.69, 9.17) is 0 Å². The zero-order valence-corrected chi connectivity index (χ0v) is 23.2. The Morgan fingerprint density at radius 3 is 2.56 bits per heavy atom. The predicted octanol–water partition coefficient (Wildman–Crippen LogP) is 6.82. The summed E-state index contributed by atoms with van der Waals surface area (Å²) in [7, 11) is 0. The number of halogens is 3. The first-order valence-corrected chi connectivity index (χ1v) is 15.0. The molecule has 7 unspecified atom stereocenters. The second-order valence-corrected chi connectivity index (χ2v) is 13.4. The molecule has 0 aliphatic heterocycles. The summed E-state index contributed by atoms with van der Waals surface area (Å²) in [6.45, 7) is 4.83. The largest absolute Gasteiger partial charge is 0.588 e. The minimum absolute atomic E-state index is 0.162. The number of hydrogen-bond acceptors (Lipinski definition) is 4. The Morgan fingerprint density at radius 1 is 1.10 bits per heavy atom. The van der Waals surface area contributed by atoms with Gasteiger partial charge in [-0.2, -0.15) is 4.72 Å². The van der Waals surface area contributed by atoms with Gasteiger partial charge < -0.3 is 9.29 Å². The van der Waals surface area contributed by atoms with Gasteiger partial charge in [-0.05, 0) is 116 Å². The predicted molar refractivity (Wildman–Crippen MR) is 142 cm³/mol. The Morgan fingerprint density at radius 2 is 1.85 bits per heavy atom. The third-order valence-electron chi connectivity index (χ3n) is 10.3. The van der Waals surface area contributed by atoms with Gasteiger partial charge in [0.15, 0.2) is 10.7 Å². The van der Waals surface area contributed by atoms with E-state index < -0.39 is 29.4 Å². The molecule has 1 N–H and O–H groups in total. The fourth-order valence-corrected chi connectivity index (χ4v) is 9.10. The minimum atomic E-state index is -4.80. The number of fused-ring (bicyclic) bond motifs is 5. The Bertz CT molecular complexity index is 1170. The lowest BCUT2D eigenvalue weighted by molar-refractivity contribution is -0.274. The van der Waals surface area contributed by atoms with Crippen molar-refractivity contribution in [3.63, 3.8) is 0 Å². The SMILES string of the molecule is CC12CCC(=O)C=C1CCC1C2CCC2(C)C(C/C=C/C(=O)N[S+]([O-])c3ccc(OC(F)(F)F)cc3)CCC12. The zero-order chi connectivity index (χ0) is 28.0. The zero-order valence-electron chi connectivity index (χ0n) is 22.4. The number of nitrogens with one attached hydrogen (secondary N) is 1. The minimum Gasteiger partial charge on any atom is -0.588 e. The summed E-state index contributed by atoms with van der Waals surface area (Å²) < 4.78 is 55.6. The van der Waals surface area contributed by atoms with E-state index in [9.17, 15) is 27.3 Å². The Balaban J connectivity index is 1.16. The molecule has 7 atom stereocenters. The van der Waals surface area contributed by atoms with Crippen LogP contribution in [0.2, 0.25) is 0 Å². The summed E-state index contributed by atoms with van der Waals surface area (Å²) >= 11 is -1.89. The first-order valence-electron chi connectivity index (χ1n) is 13.9. The molecule has 4 aliphatic rings. The van der Waals surface area contributed by atoms with Crippen LogP contribution < -0.4 is 9.46 Å².